The number of nitrogens with one attached hydrogen (secondary N) is 1. The Morgan fingerprint density at radius 3 is 2.75 bits per heavy atom. The highest BCUT2D eigenvalue weighted by molar-refractivity contribution is 7.98. The maximum absolute atomic E-state index is 5.87. The number of aromatic nitrogens is 3. The first kappa shape index (κ1) is 13.7. The summed E-state index contributed by atoms with van der Waals surface area (Å²) in [5.41, 5.74) is 2.47. The monoisotopic (exact) mass is 321 g/mol. The summed E-state index contributed by atoms with van der Waals surface area (Å²) in [7, 11) is 0. The number of hydrogen-bond acceptors (Lipinski definition) is 4. The van der Waals surface area contributed by atoms with E-state index >= 15 is 0 Å². The number of nitrogens with zero attached hydrogens (tertiary/aromatic N) is 2. The average molecular weight is 322 g/mol. The Bertz CT molecular complexity index is 662. The van der Waals surface area contributed by atoms with Crippen molar-refractivity contribution >= 4 is 34.7 Å². The quantitative estimate of drug-likeness (QED) is 0.708. The zero-order valence-electron chi connectivity index (χ0n) is 10.5. The van der Waals surface area contributed by atoms with Crippen molar-refractivity contribution in [1.82, 2.24) is 15.2 Å². The minimum atomic E-state index is 0.715. The van der Waals surface area contributed by atoms with Crippen LogP contribution in [0.1, 0.15) is 17.0 Å². The molecule has 3 rings (SSSR count). The van der Waals surface area contributed by atoms with Gasteiger partial charge in [0.15, 0.2) is 11.0 Å². The average Bonchev–Trinajstić information content (AvgIpc) is 3.10. The highest BCUT2D eigenvalue weighted by Gasteiger charge is 2.05. The summed E-state index contributed by atoms with van der Waals surface area (Å²) < 4.78 is 0. The van der Waals surface area contributed by atoms with Gasteiger partial charge in [0, 0.05) is 17.2 Å². The van der Waals surface area contributed by atoms with Gasteiger partial charge in [0.2, 0.25) is 0 Å². The second-order valence-electron chi connectivity index (χ2n) is 4.28. The summed E-state index contributed by atoms with van der Waals surface area (Å²) in [6.45, 7) is 0. The van der Waals surface area contributed by atoms with Crippen LogP contribution in [-0.4, -0.2) is 15.2 Å². The SMILES string of the molecule is Clc1ccc(Cc2n[nH]c(SCc3ccsc3)n2)cc1. The molecule has 0 amide bonds. The second kappa shape index (κ2) is 6.43. The van der Waals surface area contributed by atoms with Crippen LogP contribution in [0.25, 0.3) is 0 Å². The van der Waals surface area contributed by atoms with E-state index in [1.807, 2.05) is 24.3 Å². The number of H-pyrrole nitrogens is 1. The molecule has 0 bridgehead atoms. The number of hydrogen-bond donors (Lipinski definition) is 1. The molecule has 3 aromatic rings. The lowest BCUT2D eigenvalue weighted by Crippen LogP contribution is -1.90. The molecule has 2 aromatic heterocycles. The smallest absolute Gasteiger partial charge is 0.184 e. The Labute approximate surface area is 130 Å². The first-order valence-electron chi connectivity index (χ1n) is 6.09. The van der Waals surface area contributed by atoms with Crippen LogP contribution in [0.3, 0.4) is 0 Å². The van der Waals surface area contributed by atoms with E-state index in [2.05, 4.69) is 32.0 Å². The molecule has 0 unspecified atom stereocenters. The van der Waals surface area contributed by atoms with Crippen LogP contribution in [0.2, 0.25) is 5.02 Å². The van der Waals surface area contributed by atoms with E-state index in [1.54, 1.807) is 23.1 Å². The summed E-state index contributed by atoms with van der Waals surface area (Å²) in [5.74, 6) is 1.72. The Morgan fingerprint density at radius 1 is 1.15 bits per heavy atom. The van der Waals surface area contributed by atoms with Crippen molar-refractivity contribution < 1.29 is 0 Å². The summed E-state index contributed by atoms with van der Waals surface area (Å²) in [6, 6.07) is 9.89. The van der Waals surface area contributed by atoms with Gasteiger partial charge in [-0.1, -0.05) is 35.5 Å². The van der Waals surface area contributed by atoms with Crippen LogP contribution >= 0.6 is 34.7 Å². The predicted octanol–water partition coefficient (Wildman–Crippen LogP) is 4.40. The molecule has 102 valence electrons. The van der Waals surface area contributed by atoms with E-state index in [1.165, 1.54) is 5.56 Å². The van der Waals surface area contributed by atoms with Gasteiger partial charge in [0.25, 0.3) is 0 Å². The van der Waals surface area contributed by atoms with E-state index in [-0.39, 0.29) is 0 Å². The van der Waals surface area contributed by atoms with Crippen LogP contribution in [0, 0.1) is 0 Å². The number of benzene rings is 1. The van der Waals surface area contributed by atoms with Crippen molar-refractivity contribution in [2.45, 2.75) is 17.3 Å². The first-order chi connectivity index (χ1) is 9.79. The molecule has 3 nitrogen and oxygen atoms in total. The largest absolute Gasteiger partial charge is 0.254 e. The summed E-state index contributed by atoms with van der Waals surface area (Å²) in [4.78, 5) is 4.49. The molecule has 1 N–H and O–H groups in total. The van der Waals surface area contributed by atoms with Gasteiger partial charge in [0.1, 0.15) is 0 Å². The lowest BCUT2D eigenvalue weighted by atomic mass is 10.1. The zero-order valence-corrected chi connectivity index (χ0v) is 12.9. The van der Waals surface area contributed by atoms with E-state index in [9.17, 15) is 0 Å². The van der Waals surface area contributed by atoms with E-state index in [4.69, 9.17) is 11.6 Å². The number of thioether (sulfide) groups is 1. The maximum atomic E-state index is 5.87. The Balaban J connectivity index is 1.60. The van der Waals surface area contributed by atoms with Crippen LogP contribution in [0.5, 0.6) is 0 Å². The lowest BCUT2D eigenvalue weighted by Gasteiger charge is -1.97. The van der Waals surface area contributed by atoms with Crippen molar-refractivity contribution in [1.29, 1.82) is 0 Å². The standard InChI is InChI=1S/C14H12ClN3S2/c15-12-3-1-10(2-4-12)7-13-16-14(18-17-13)20-9-11-5-6-19-8-11/h1-6,8H,7,9H2,(H,16,17,18). The van der Waals surface area contributed by atoms with Gasteiger partial charge in [-0.05, 0) is 40.1 Å². The summed E-state index contributed by atoms with van der Waals surface area (Å²) in [5, 5.41) is 13.1. The summed E-state index contributed by atoms with van der Waals surface area (Å²) >= 11 is 9.25. The third-order valence-electron chi connectivity index (χ3n) is 2.74. The Hall–Kier alpha value is -1.30. The summed E-state index contributed by atoms with van der Waals surface area (Å²) in [6.07, 6.45) is 0.715. The fraction of sp³-hybridized carbons (Fsp3) is 0.143. The molecule has 0 radical (unpaired) electrons. The fourth-order valence-electron chi connectivity index (χ4n) is 1.73. The van der Waals surface area contributed by atoms with Crippen molar-refractivity contribution in [3.63, 3.8) is 0 Å². The van der Waals surface area contributed by atoms with Gasteiger partial charge in [-0.25, -0.2) is 4.98 Å². The third-order valence-corrected chi connectivity index (χ3v) is 4.66. The van der Waals surface area contributed by atoms with Gasteiger partial charge in [-0.15, -0.1) is 0 Å². The minimum absolute atomic E-state index is 0.715. The number of aromatic amines is 1. The molecule has 2 heterocycles. The molecule has 0 fully saturated rings. The topological polar surface area (TPSA) is 41.6 Å². The molecule has 0 atom stereocenters. The lowest BCUT2D eigenvalue weighted by molar-refractivity contribution is 0.956. The van der Waals surface area contributed by atoms with E-state index in [0.29, 0.717) is 6.42 Å². The van der Waals surface area contributed by atoms with Crippen LogP contribution < -0.4 is 0 Å². The third kappa shape index (κ3) is 3.62. The molecule has 0 saturated heterocycles. The van der Waals surface area contributed by atoms with E-state index < -0.39 is 0 Å². The highest BCUT2D eigenvalue weighted by atomic mass is 35.5. The molecule has 1 aromatic carbocycles. The molecule has 0 saturated carbocycles. The van der Waals surface area contributed by atoms with Crippen molar-refractivity contribution in [2.24, 2.45) is 0 Å². The number of halogens is 1. The van der Waals surface area contributed by atoms with Crippen LogP contribution in [-0.2, 0) is 12.2 Å². The van der Waals surface area contributed by atoms with E-state index in [0.717, 1.165) is 27.3 Å². The molecule has 20 heavy (non-hydrogen) atoms. The highest BCUT2D eigenvalue weighted by Crippen LogP contribution is 2.21. The molecular weight excluding hydrogens is 310 g/mol. The molecule has 0 aliphatic carbocycles. The second-order valence-corrected chi connectivity index (χ2v) is 6.46. The fourth-order valence-corrected chi connectivity index (χ4v) is 3.40. The molecule has 0 aliphatic heterocycles. The zero-order chi connectivity index (χ0) is 13.8. The Morgan fingerprint density at radius 2 is 2.00 bits per heavy atom. The van der Waals surface area contributed by atoms with Gasteiger partial charge >= 0.3 is 0 Å². The van der Waals surface area contributed by atoms with Crippen molar-refractivity contribution in [2.75, 3.05) is 0 Å². The predicted molar refractivity (Wildman–Crippen MR) is 84.5 cm³/mol. The number of rotatable bonds is 5. The van der Waals surface area contributed by atoms with Crippen molar-refractivity contribution in [3.8, 4) is 0 Å². The van der Waals surface area contributed by atoms with Gasteiger partial charge in [0.05, 0.1) is 0 Å². The molecule has 0 spiro atoms. The first-order valence-corrected chi connectivity index (χ1v) is 8.40. The van der Waals surface area contributed by atoms with Gasteiger partial charge in [-0.2, -0.15) is 16.4 Å². The van der Waals surface area contributed by atoms with Gasteiger partial charge in [-0.3, -0.25) is 5.10 Å². The minimum Gasteiger partial charge on any atom is -0.254 e. The van der Waals surface area contributed by atoms with Crippen molar-refractivity contribution in [3.05, 3.63) is 63.1 Å². The number of thiophene rings is 1. The molecule has 0 aliphatic rings. The maximum Gasteiger partial charge on any atom is 0.184 e. The molecule has 6 heteroatoms. The Kier molecular flexibility index (Phi) is 4.40. The van der Waals surface area contributed by atoms with Crippen LogP contribution in [0.4, 0.5) is 0 Å². The van der Waals surface area contributed by atoms with Crippen LogP contribution in [0.15, 0.2) is 46.2 Å². The molecular formula is C14H12ClN3S2. The normalized spacial score (nSPS) is 10.8. The van der Waals surface area contributed by atoms with Gasteiger partial charge < -0.3 is 0 Å².